The van der Waals surface area contributed by atoms with E-state index in [9.17, 15) is 5.11 Å². The van der Waals surface area contributed by atoms with Crippen LogP contribution < -0.4 is 0 Å². The van der Waals surface area contributed by atoms with Crippen LogP contribution in [0.5, 0.6) is 0 Å². The fraction of sp³-hybridized carbons (Fsp3) is 0.882. The Kier molecular flexibility index (Phi) is 8.41. The topological polar surface area (TPSA) is 20.2 Å². The third-order valence-corrected chi connectivity index (χ3v) is 4.10. The summed E-state index contributed by atoms with van der Waals surface area (Å²) in [4.78, 5) is 0. The van der Waals surface area contributed by atoms with Crippen molar-refractivity contribution in [1.29, 1.82) is 0 Å². The van der Waals surface area contributed by atoms with E-state index in [1.54, 1.807) is 0 Å². The van der Waals surface area contributed by atoms with Gasteiger partial charge in [-0.25, -0.2) is 0 Å². The first-order valence-corrected chi connectivity index (χ1v) is 8.08. The van der Waals surface area contributed by atoms with Crippen molar-refractivity contribution in [2.75, 3.05) is 0 Å². The van der Waals surface area contributed by atoms with Gasteiger partial charge in [0.2, 0.25) is 0 Å². The Bertz CT molecular complexity index is 218. The summed E-state index contributed by atoms with van der Waals surface area (Å²) in [6.45, 7) is 2.00. The van der Waals surface area contributed by atoms with Crippen LogP contribution in [0.1, 0.15) is 90.4 Å². The van der Waals surface area contributed by atoms with Crippen LogP contribution >= 0.6 is 0 Å². The summed E-state index contributed by atoms with van der Waals surface area (Å²) in [5.74, 6) is 0. The Balaban J connectivity index is 2.28. The summed E-state index contributed by atoms with van der Waals surface area (Å²) in [6.07, 6.45) is 20.9. The molecule has 1 heteroatoms. The molecule has 1 aliphatic carbocycles. The molecule has 0 spiro atoms. The molecule has 1 N–H and O–H groups in total. The van der Waals surface area contributed by atoms with Gasteiger partial charge in [0, 0.05) is 0 Å². The molecule has 0 bridgehead atoms. The highest BCUT2D eigenvalue weighted by molar-refractivity contribution is 4.85. The first-order chi connectivity index (χ1) is 8.71. The molecule has 0 aromatic heterocycles. The maximum absolute atomic E-state index is 10.3. The monoisotopic (exact) mass is 252 g/mol. The summed E-state index contributed by atoms with van der Waals surface area (Å²) in [5.41, 5.74) is -0.443. The molecule has 1 nitrogen and oxygen atoms in total. The molecule has 18 heavy (non-hydrogen) atoms. The fourth-order valence-electron chi connectivity index (χ4n) is 2.76. The Morgan fingerprint density at radius 3 is 1.83 bits per heavy atom. The van der Waals surface area contributed by atoms with Crippen molar-refractivity contribution in [3.8, 4) is 0 Å². The Morgan fingerprint density at radius 1 is 0.667 bits per heavy atom. The lowest BCUT2D eigenvalue weighted by atomic mass is 9.92. The molecule has 0 aromatic carbocycles. The van der Waals surface area contributed by atoms with E-state index >= 15 is 0 Å². The summed E-state index contributed by atoms with van der Waals surface area (Å²) < 4.78 is 0. The predicted octanol–water partition coefficient (Wildman–Crippen LogP) is 5.38. The van der Waals surface area contributed by atoms with E-state index in [4.69, 9.17) is 0 Å². The van der Waals surface area contributed by atoms with Crippen LogP contribution in [0, 0.1) is 0 Å². The van der Waals surface area contributed by atoms with Crippen molar-refractivity contribution >= 4 is 0 Å². The first kappa shape index (κ1) is 15.8. The lowest BCUT2D eigenvalue weighted by Crippen LogP contribution is -2.23. The Labute approximate surface area is 114 Å². The van der Waals surface area contributed by atoms with Gasteiger partial charge in [-0.15, -0.1) is 0 Å². The molecule has 0 saturated carbocycles. The van der Waals surface area contributed by atoms with Crippen molar-refractivity contribution in [2.45, 2.75) is 96.0 Å². The quantitative estimate of drug-likeness (QED) is 0.574. The van der Waals surface area contributed by atoms with Gasteiger partial charge in [0.15, 0.2) is 0 Å². The lowest BCUT2D eigenvalue weighted by Gasteiger charge is -2.22. The van der Waals surface area contributed by atoms with Crippen molar-refractivity contribution < 1.29 is 5.11 Å². The molecule has 1 aliphatic rings. The van der Waals surface area contributed by atoms with Crippen molar-refractivity contribution in [1.82, 2.24) is 0 Å². The minimum atomic E-state index is -0.443. The van der Waals surface area contributed by atoms with Crippen LogP contribution in [0.3, 0.4) is 0 Å². The standard InChI is InChI=1S/C17H32O/c1-17(18)15-13-11-9-7-5-3-2-4-6-8-10-12-14-16-17/h9,11,18H,2-8,10,12-16H2,1H3/b11-9+. The SMILES string of the molecule is CC1(O)CC/C=C/CCCCCCCCCCC1. The third kappa shape index (κ3) is 8.74. The van der Waals surface area contributed by atoms with Gasteiger partial charge in [-0.3, -0.25) is 0 Å². The molecule has 0 amide bonds. The minimum absolute atomic E-state index is 0.443. The highest BCUT2D eigenvalue weighted by Crippen LogP contribution is 2.21. The van der Waals surface area contributed by atoms with E-state index in [1.165, 1.54) is 64.2 Å². The fourth-order valence-corrected chi connectivity index (χ4v) is 2.76. The lowest BCUT2D eigenvalue weighted by molar-refractivity contribution is 0.0402. The molecule has 1 unspecified atom stereocenters. The molecule has 1 atom stereocenters. The van der Waals surface area contributed by atoms with E-state index in [0.717, 1.165) is 19.3 Å². The van der Waals surface area contributed by atoms with Gasteiger partial charge in [-0.05, 0) is 39.0 Å². The maximum Gasteiger partial charge on any atom is 0.0622 e. The van der Waals surface area contributed by atoms with Crippen LogP contribution in [-0.4, -0.2) is 10.7 Å². The number of aliphatic hydroxyl groups is 1. The minimum Gasteiger partial charge on any atom is -0.390 e. The van der Waals surface area contributed by atoms with Gasteiger partial charge in [0.05, 0.1) is 5.60 Å². The van der Waals surface area contributed by atoms with Crippen LogP contribution in [0.15, 0.2) is 12.2 Å². The molecular weight excluding hydrogens is 220 g/mol. The Morgan fingerprint density at radius 2 is 1.17 bits per heavy atom. The smallest absolute Gasteiger partial charge is 0.0622 e. The van der Waals surface area contributed by atoms with E-state index in [1.807, 2.05) is 6.92 Å². The van der Waals surface area contributed by atoms with Gasteiger partial charge in [-0.1, -0.05) is 63.5 Å². The van der Waals surface area contributed by atoms with Crippen LogP contribution in [0.2, 0.25) is 0 Å². The molecule has 0 aromatic rings. The van der Waals surface area contributed by atoms with Crippen LogP contribution in [0.4, 0.5) is 0 Å². The zero-order valence-corrected chi connectivity index (χ0v) is 12.3. The van der Waals surface area contributed by atoms with Crippen LogP contribution in [0.25, 0.3) is 0 Å². The summed E-state index contributed by atoms with van der Waals surface area (Å²) >= 11 is 0. The summed E-state index contributed by atoms with van der Waals surface area (Å²) in [5, 5.41) is 10.3. The molecular formula is C17H32O. The summed E-state index contributed by atoms with van der Waals surface area (Å²) in [6, 6.07) is 0. The van der Waals surface area contributed by atoms with E-state index in [2.05, 4.69) is 12.2 Å². The van der Waals surface area contributed by atoms with Gasteiger partial charge in [0.25, 0.3) is 0 Å². The van der Waals surface area contributed by atoms with Gasteiger partial charge >= 0.3 is 0 Å². The van der Waals surface area contributed by atoms with Crippen molar-refractivity contribution in [2.24, 2.45) is 0 Å². The normalized spacial score (nSPS) is 31.9. The molecule has 0 saturated heterocycles. The number of allylic oxidation sites excluding steroid dienone is 2. The highest BCUT2D eigenvalue weighted by Gasteiger charge is 2.18. The Hall–Kier alpha value is -0.300. The van der Waals surface area contributed by atoms with E-state index in [0.29, 0.717) is 0 Å². The average molecular weight is 252 g/mol. The zero-order chi connectivity index (χ0) is 13.1. The number of hydrogen-bond donors (Lipinski definition) is 1. The van der Waals surface area contributed by atoms with E-state index in [-0.39, 0.29) is 0 Å². The van der Waals surface area contributed by atoms with Gasteiger partial charge in [-0.2, -0.15) is 0 Å². The second-order valence-electron chi connectivity index (χ2n) is 6.23. The number of hydrogen-bond acceptors (Lipinski definition) is 1. The first-order valence-electron chi connectivity index (χ1n) is 8.08. The molecule has 0 heterocycles. The zero-order valence-electron chi connectivity index (χ0n) is 12.3. The third-order valence-electron chi connectivity index (χ3n) is 4.10. The summed E-state index contributed by atoms with van der Waals surface area (Å²) in [7, 11) is 0. The molecule has 0 aliphatic heterocycles. The maximum atomic E-state index is 10.3. The van der Waals surface area contributed by atoms with Crippen molar-refractivity contribution in [3.05, 3.63) is 12.2 Å². The largest absolute Gasteiger partial charge is 0.390 e. The highest BCUT2D eigenvalue weighted by atomic mass is 16.3. The van der Waals surface area contributed by atoms with Crippen LogP contribution in [-0.2, 0) is 0 Å². The second-order valence-corrected chi connectivity index (χ2v) is 6.23. The molecule has 1 rings (SSSR count). The molecule has 0 fully saturated rings. The number of rotatable bonds is 0. The average Bonchev–Trinajstić information content (AvgIpc) is 2.32. The van der Waals surface area contributed by atoms with E-state index < -0.39 is 5.60 Å². The van der Waals surface area contributed by atoms with Gasteiger partial charge < -0.3 is 5.11 Å². The molecule has 0 radical (unpaired) electrons. The second kappa shape index (κ2) is 9.61. The molecule has 106 valence electrons. The van der Waals surface area contributed by atoms with Gasteiger partial charge in [0.1, 0.15) is 0 Å². The van der Waals surface area contributed by atoms with Crippen molar-refractivity contribution in [3.63, 3.8) is 0 Å². The predicted molar refractivity (Wildman–Crippen MR) is 79.8 cm³/mol.